The molecule has 1 amide bonds. The molecule has 0 aromatic heterocycles. The summed E-state index contributed by atoms with van der Waals surface area (Å²) in [7, 11) is 1.96. The van der Waals surface area contributed by atoms with Crippen LogP contribution in [-0.2, 0) is 9.59 Å². The fourth-order valence-electron chi connectivity index (χ4n) is 4.11. The van der Waals surface area contributed by atoms with Crippen molar-refractivity contribution in [1.29, 1.82) is 0 Å². The van der Waals surface area contributed by atoms with Gasteiger partial charge < -0.3 is 10.0 Å². The molecule has 0 radical (unpaired) electrons. The van der Waals surface area contributed by atoms with Gasteiger partial charge in [0.1, 0.15) is 6.04 Å². The molecule has 30 heavy (non-hydrogen) atoms. The van der Waals surface area contributed by atoms with Crippen LogP contribution in [0.2, 0.25) is 0 Å². The summed E-state index contributed by atoms with van der Waals surface area (Å²) in [6, 6.07) is 18.4. The molecular formula is C25H28N2O3. The van der Waals surface area contributed by atoms with Crippen LogP contribution in [0.3, 0.4) is 0 Å². The second-order valence-corrected chi connectivity index (χ2v) is 7.66. The first kappa shape index (κ1) is 21.6. The molecule has 1 aliphatic heterocycles. The Bertz CT molecular complexity index is 878. The highest BCUT2D eigenvalue weighted by Crippen LogP contribution is 2.31. The Morgan fingerprint density at radius 2 is 1.67 bits per heavy atom. The van der Waals surface area contributed by atoms with Crippen LogP contribution >= 0.6 is 0 Å². The zero-order chi connectivity index (χ0) is 21.5. The molecule has 1 heterocycles. The second kappa shape index (κ2) is 10.1. The van der Waals surface area contributed by atoms with Gasteiger partial charge in [-0.2, -0.15) is 0 Å². The van der Waals surface area contributed by atoms with Gasteiger partial charge in [-0.3, -0.25) is 9.69 Å². The van der Waals surface area contributed by atoms with Crippen LogP contribution in [0.15, 0.2) is 60.7 Å². The topological polar surface area (TPSA) is 60.9 Å². The van der Waals surface area contributed by atoms with E-state index in [1.54, 1.807) is 11.8 Å². The molecule has 5 nitrogen and oxygen atoms in total. The summed E-state index contributed by atoms with van der Waals surface area (Å²) in [5.41, 5.74) is 1.74. The van der Waals surface area contributed by atoms with Gasteiger partial charge in [0.05, 0.1) is 12.5 Å². The third kappa shape index (κ3) is 4.90. The molecule has 0 spiro atoms. The quantitative estimate of drug-likeness (QED) is 0.751. The fourth-order valence-corrected chi connectivity index (χ4v) is 4.11. The van der Waals surface area contributed by atoms with Crippen molar-refractivity contribution in [2.24, 2.45) is 0 Å². The molecule has 2 aromatic rings. The minimum absolute atomic E-state index is 0.0860. The number of carboxylic acids is 1. The van der Waals surface area contributed by atoms with E-state index in [1.807, 2.05) is 67.7 Å². The van der Waals surface area contributed by atoms with Crippen LogP contribution in [0.5, 0.6) is 0 Å². The Kier molecular flexibility index (Phi) is 7.26. The number of piperidine rings is 1. The molecule has 2 aromatic carbocycles. The van der Waals surface area contributed by atoms with Gasteiger partial charge in [-0.1, -0.05) is 66.6 Å². The van der Waals surface area contributed by atoms with Crippen molar-refractivity contribution in [3.8, 4) is 11.8 Å². The molecule has 1 N–H and O–H groups in total. The lowest BCUT2D eigenvalue weighted by atomic mass is 9.87. The fraction of sp³-hybridized carbons (Fsp3) is 0.360. The van der Waals surface area contributed by atoms with Gasteiger partial charge in [-0.05, 0) is 37.9 Å². The summed E-state index contributed by atoms with van der Waals surface area (Å²) in [4.78, 5) is 29.4. The summed E-state index contributed by atoms with van der Waals surface area (Å²) >= 11 is 0. The standard InChI is InChI=1S/C25H28N2O3/c1-3-4-16-26(2)21-15-17-27(22(18-21)25(29)30)24(28)23(19-11-7-5-8-12-19)20-13-9-6-10-14-20/h5-14,21-23H,15-18H2,1-2H3,(H,29,30). The van der Waals surface area contributed by atoms with Gasteiger partial charge in [0, 0.05) is 12.6 Å². The Hall–Kier alpha value is -3.10. The average Bonchev–Trinajstić information content (AvgIpc) is 2.78. The first-order valence-electron chi connectivity index (χ1n) is 10.3. The van der Waals surface area contributed by atoms with Crippen molar-refractivity contribution in [3.63, 3.8) is 0 Å². The number of rotatable bonds is 6. The number of hydrogen-bond donors (Lipinski definition) is 1. The Morgan fingerprint density at radius 1 is 1.10 bits per heavy atom. The van der Waals surface area contributed by atoms with E-state index >= 15 is 0 Å². The van der Waals surface area contributed by atoms with E-state index in [0.717, 1.165) is 17.5 Å². The molecule has 2 unspecified atom stereocenters. The number of carboxylic acid groups (broad SMARTS) is 1. The smallest absolute Gasteiger partial charge is 0.326 e. The van der Waals surface area contributed by atoms with Crippen molar-refractivity contribution in [2.75, 3.05) is 20.1 Å². The SMILES string of the molecule is CC#CCN(C)C1CCN(C(=O)C(c2ccccc2)c2ccccc2)C(C(=O)O)C1. The molecule has 1 saturated heterocycles. The summed E-state index contributed by atoms with van der Waals surface area (Å²) in [5.74, 6) is 4.28. The Labute approximate surface area is 178 Å². The van der Waals surface area contributed by atoms with Gasteiger partial charge in [-0.25, -0.2) is 4.79 Å². The summed E-state index contributed by atoms with van der Waals surface area (Å²) < 4.78 is 0. The first-order valence-corrected chi connectivity index (χ1v) is 10.3. The molecule has 3 rings (SSSR count). The van der Waals surface area contributed by atoms with E-state index < -0.39 is 17.9 Å². The molecule has 5 heteroatoms. The number of hydrogen-bond acceptors (Lipinski definition) is 3. The van der Waals surface area contributed by atoms with Crippen molar-refractivity contribution in [1.82, 2.24) is 9.80 Å². The predicted octanol–water partition coefficient (Wildman–Crippen LogP) is 3.22. The van der Waals surface area contributed by atoms with Crippen molar-refractivity contribution in [3.05, 3.63) is 71.8 Å². The maximum Gasteiger partial charge on any atom is 0.326 e. The number of aliphatic carboxylic acids is 1. The predicted molar refractivity (Wildman–Crippen MR) is 117 cm³/mol. The Balaban J connectivity index is 1.88. The minimum Gasteiger partial charge on any atom is -0.480 e. The number of carbonyl (C=O) groups excluding carboxylic acids is 1. The maximum atomic E-state index is 13.7. The van der Waals surface area contributed by atoms with E-state index in [2.05, 4.69) is 16.7 Å². The molecular weight excluding hydrogens is 376 g/mol. The highest BCUT2D eigenvalue weighted by atomic mass is 16.4. The van der Waals surface area contributed by atoms with Gasteiger partial charge >= 0.3 is 5.97 Å². The van der Waals surface area contributed by atoms with Gasteiger partial charge in [-0.15, -0.1) is 5.92 Å². The van der Waals surface area contributed by atoms with E-state index in [4.69, 9.17) is 0 Å². The van der Waals surface area contributed by atoms with Crippen molar-refractivity contribution >= 4 is 11.9 Å². The molecule has 0 saturated carbocycles. The normalized spacial score (nSPS) is 18.7. The molecule has 0 bridgehead atoms. The largest absolute Gasteiger partial charge is 0.480 e. The van der Waals surface area contributed by atoms with Crippen LogP contribution in [0.25, 0.3) is 0 Å². The summed E-state index contributed by atoms with van der Waals surface area (Å²) in [6.45, 7) is 2.81. The number of benzene rings is 2. The van der Waals surface area contributed by atoms with Gasteiger partial charge in [0.2, 0.25) is 5.91 Å². The van der Waals surface area contributed by atoms with Crippen LogP contribution in [0.1, 0.15) is 36.8 Å². The molecule has 156 valence electrons. The summed E-state index contributed by atoms with van der Waals surface area (Å²) in [6.07, 6.45) is 1.13. The zero-order valence-electron chi connectivity index (χ0n) is 17.5. The maximum absolute atomic E-state index is 13.7. The molecule has 1 fully saturated rings. The van der Waals surface area contributed by atoms with Crippen LogP contribution in [0, 0.1) is 11.8 Å². The van der Waals surface area contributed by atoms with Gasteiger partial charge in [0.25, 0.3) is 0 Å². The highest BCUT2D eigenvalue weighted by molar-refractivity contribution is 5.91. The van der Waals surface area contributed by atoms with Crippen LogP contribution in [-0.4, -0.2) is 59.0 Å². The van der Waals surface area contributed by atoms with Crippen LogP contribution in [0.4, 0.5) is 0 Å². The Morgan fingerprint density at radius 3 is 2.17 bits per heavy atom. The van der Waals surface area contributed by atoms with E-state index in [9.17, 15) is 14.7 Å². The van der Waals surface area contributed by atoms with E-state index in [-0.39, 0.29) is 11.9 Å². The monoisotopic (exact) mass is 404 g/mol. The highest BCUT2D eigenvalue weighted by Gasteiger charge is 2.40. The molecule has 2 atom stereocenters. The van der Waals surface area contributed by atoms with Crippen LogP contribution < -0.4 is 0 Å². The third-order valence-corrected chi connectivity index (χ3v) is 5.78. The van der Waals surface area contributed by atoms with Gasteiger partial charge in [0.15, 0.2) is 0 Å². The zero-order valence-corrected chi connectivity index (χ0v) is 17.5. The van der Waals surface area contributed by atoms with Crippen molar-refractivity contribution < 1.29 is 14.7 Å². The lowest BCUT2D eigenvalue weighted by Gasteiger charge is -2.41. The number of likely N-dealkylation sites (tertiary alicyclic amines) is 1. The van der Waals surface area contributed by atoms with E-state index in [1.165, 1.54) is 0 Å². The third-order valence-electron chi connectivity index (χ3n) is 5.78. The number of carbonyl (C=O) groups is 2. The molecule has 1 aliphatic rings. The average molecular weight is 405 g/mol. The lowest BCUT2D eigenvalue weighted by Crippen LogP contribution is -2.55. The second-order valence-electron chi connectivity index (χ2n) is 7.66. The summed E-state index contributed by atoms with van der Waals surface area (Å²) in [5, 5.41) is 9.92. The van der Waals surface area contributed by atoms with E-state index in [0.29, 0.717) is 19.5 Å². The molecule has 0 aliphatic carbocycles. The number of nitrogens with zero attached hydrogens (tertiary/aromatic N) is 2. The first-order chi connectivity index (χ1) is 14.5. The minimum atomic E-state index is -0.956. The van der Waals surface area contributed by atoms with Crippen molar-refractivity contribution in [2.45, 2.75) is 37.8 Å². The lowest BCUT2D eigenvalue weighted by molar-refractivity contribution is -0.153. The number of amides is 1.